The van der Waals surface area contributed by atoms with Gasteiger partial charge in [0, 0.05) is 11.6 Å². The number of nitrogens with zero attached hydrogens (tertiary/aromatic N) is 3. The first-order valence-corrected chi connectivity index (χ1v) is 9.59. The van der Waals surface area contributed by atoms with Crippen LogP contribution in [0.4, 0.5) is 0 Å². The average molecular weight is 336 g/mol. The second-order valence-corrected chi connectivity index (χ2v) is 7.90. The van der Waals surface area contributed by atoms with Gasteiger partial charge in [-0.2, -0.15) is 5.10 Å². The Bertz CT molecular complexity index is 868. The van der Waals surface area contributed by atoms with Crippen LogP contribution in [-0.4, -0.2) is 35.3 Å². The summed E-state index contributed by atoms with van der Waals surface area (Å²) in [6.07, 6.45) is 5.53. The number of pyridine rings is 1. The molecule has 0 aromatic carbocycles. The van der Waals surface area contributed by atoms with Crippen molar-refractivity contribution >= 4 is 27.0 Å². The first kappa shape index (κ1) is 15.9. The van der Waals surface area contributed by atoms with Crippen molar-refractivity contribution in [1.82, 2.24) is 19.5 Å². The third-order valence-electron chi connectivity index (χ3n) is 4.11. The Balaban J connectivity index is 2.16. The van der Waals surface area contributed by atoms with Gasteiger partial charge in [0.25, 0.3) is 5.91 Å². The maximum Gasteiger partial charge on any atom is 0.265 e. The van der Waals surface area contributed by atoms with Gasteiger partial charge < -0.3 is 0 Å². The van der Waals surface area contributed by atoms with Crippen LogP contribution in [0.2, 0.25) is 0 Å². The van der Waals surface area contributed by atoms with Gasteiger partial charge in [-0.25, -0.2) is 22.8 Å². The van der Waals surface area contributed by atoms with Gasteiger partial charge in [-0.3, -0.25) is 4.79 Å². The van der Waals surface area contributed by atoms with Crippen LogP contribution < -0.4 is 4.72 Å². The molecular weight excluding hydrogens is 316 g/mol. The Morgan fingerprint density at radius 1 is 1.48 bits per heavy atom. The Morgan fingerprint density at radius 2 is 2.17 bits per heavy atom. The molecule has 3 rings (SSSR count). The lowest BCUT2D eigenvalue weighted by Crippen LogP contribution is -2.29. The van der Waals surface area contributed by atoms with E-state index in [1.54, 1.807) is 16.9 Å². The van der Waals surface area contributed by atoms with Gasteiger partial charge >= 0.3 is 0 Å². The molecule has 23 heavy (non-hydrogen) atoms. The molecule has 1 aliphatic rings. The second kappa shape index (κ2) is 5.59. The molecule has 1 atom stereocenters. The van der Waals surface area contributed by atoms with E-state index in [-0.39, 0.29) is 6.04 Å². The number of sulfonamides is 1. The van der Waals surface area contributed by atoms with Crippen LogP contribution in [0.25, 0.3) is 11.0 Å². The maximum absolute atomic E-state index is 12.4. The van der Waals surface area contributed by atoms with Crippen LogP contribution in [0, 0.1) is 0 Å². The molecule has 0 saturated heterocycles. The summed E-state index contributed by atoms with van der Waals surface area (Å²) in [7, 11) is -3.62. The van der Waals surface area contributed by atoms with Gasteiger partial charge in [-0.1, -0.05) is 6.92 Å². The molecule has 2 aromatic heterocycles. The molecule has 124 valence electrons. The minimum atomic E-state index is -3.62. The van der Waals surface area contributed by atoms with Crippen LogP contribution in [-0.2, 0) is 10.0 Å². The minimum Gasteiger partial charge on any atom is -0.268 e. The standard InChI is InChI=1S/C15H20N4O3S/c1-4-9(2)19-14-12(8-16-19)11(15(20)18-23(3,21)22)7-13(17-14)10-5-6-10/h7-10H,4-6H2,1-3H3,(H,18,20). The Morgan fingerprint density at radius 3 is 2.74 bits per heavy atom. The van der Waals surface area contributed by atoms with Crippen molar-refractivity contribution in [3.63, 3.8) is 0 Å². The molecule has 7 nitrogen and oxygen atoms in total. The lowest BCUT2D eigenvalue weighted by Gasteiger charge is -2.12. The van der Waals surface area contributed by atoms with E-state index < -0.39 is 15.9 Å². The highest BCUT2D eigenvalue weighted by Gasteiger charge is 2.28. The summed E-state index contributed by atoms with van der Waals surface area (Å²) >= 11 is 0. The number of carbonyl (C=O) groups excluding carboxylic acids is 1. The third-order valence-corrected chi connectivity index (χ3v) is 4.67. The summed E-state index contributed by atoms with van der Waals surface area (Å²) < 4.78 is 26.6. The summed E-state index contributed by atoms with van der Waals surface area (Å²) in [5.74, 6) is -0.282. The number of amides is 1. The predicted octanol–water partition coefficient (Wildman–Crippen LogP) is 1.97. The summed E-state index contributed by atoms with van der Waals surface area (Å²) in [6.45, 7) is 4.09. The highest BCUT2D eigenvalue weighted by Crippen LogP contribution is 2.40. The minimum absolute atomic E-state index is 0.153. The Hall–Kier alpha value is -1.96. The quantitative estimate of drug-likeness (QED) is 0.901. The van der Waals surface area contributed by atoms with Crippen LogP contribution in [0.1, 0.15) is 61.1 Å². The highest BCUT2D eigenvalue weighted by molar-refractivity contribution is 7.89. The zero-order valence-corrected chi connectivity index (χ0v) is 14.2. The number of hydrogen-bond acceptors (Lipinski definition) is 5. The van der Waals surface area contributed by atoms with Crippen molar-refractivity contribution < 1.29 is 13.2 Å². The molecule has 1 saturated carbocycles. The Labute approximate surface area is 135 Å². The highest BCUT2D eigenvalue weighted by atomic mass is 32.2. The smallest absolute Gasteiger partial charge is 0.265 e. The SMILES string of the molecule is CCC(C)n1ncc2c(C(=O)NS(C)(=O)=O)cc(C3CC3)nc21. The number of carbonyl (C=O) groups is 1. The van der Waals surface area contributed by atoms with Crippen molar-refractivity contribution in [3.05, 3.63) is 23.5 Å². The fraction of sp³-hybridized carbons (Fsp3) is 0.533. The van der Waals surface area contributed by atoms with E-state index in [4.69, 9.17) is 0 Å². The summed E-state index contributed by atoms with van der Waals surface area (Å²) in [4.78, 5) is 17.0. The van der Waals surface area contributed by atoms with E-state index >= 15 is 0 Å². The van der Waals surface area contributed by atoms with Gasteiger partial charge in [-0.15, -0.1) is 0 Å². The van der Waals surface area contributed by atoms with Gasteiger partial charge in [0.1, 0.15) is 0 Å². The predicted molar refractivity (Wildman–Crippen MR) is 86.8 cm³/mol. The van der Waals surface area contributed by atoms with Crippen molar-refractivity contribution in [1.29, 1.82) is 0 Å². The van der Waals surface area contributed by atoms with E-state index in [0.29, 0.717) is 22.5 Å². The van der Waals surface area contributed by atoms with Crippen molar-refractivity contribution in [2.45, 2.75) is 45.1 Å². The zero-order valence-electron chi connectivity index (χ0n) is 13.4. The van der Waals surface area contributed by atoms with E-state index in [9.17, 15) is 13.2 Å². The monoisotopic (exact) mass is 336 g/mol. The molecule has 1 aliphatic carbocycles. The molecule has 1 fully saturated rings. The lowest BCUT2D eigenvalue weighted by molar-refractivity contribution is 0.0983. The van der Waals surface area contributed by atoms with Gasteiger partial charge in [0.15, 0.2) is 5.65 Å². The van der Waals surface area contributed by atoms with Crippen LogP contribution >= 0.6 is 0 Å². The molecule has 8 heteroatoms. The van der Waals surface area contributed by atoms with E-state index in [1.807, 2.05) is 11.6 Å². The largest absolute Gasteiger partial charge is 0.268 e. The molecule has 1 N–H and O–H groups in total. The molecule has 1 amide bonds. The number of fused-ring (bicyclic) bond motifs is 1. The normalized spacial score (nSPS) is 16.5. The molecular formula is C15H20N4O3S. The summed E-state index contributed by atoms with van der Waals surface area (Å²) in [6, 6.07) is 1.85. The number of rotatable bonds is 5. The average Bonchev–Trinajstić information content (AvgIpc) is 3.23. The molecule has 2 aromatic rings. The fourth-order valence-electron chi connectivity index (χ4n) is 2.53. The van der Waals surface area contributed by atoms with Crippen LogP contribution in [0.5, 0.6) is 0 Å². The fourth-order valence-corrected chi connectivity index (χ4v) is 2.98. The van der Waals surface area contributed by atoms with Gasteiger partial charge in [0.2, 0.25) is 10.0 Å². The van der Waals surface area contributed by atoms with Crippen LogP contribution in [0.15, 0.2) is 12.3 Å². The van der Waals surface area contributed by atoms with E-state index in [1.165, 1.54) is 0 Å². The number of nitrogens with one attached hydrogen (secondary N) is 1. The van der Waals surface area contributed by atoms with Crippen LogP contribution in [0.3, 0.4) is 0 Å². The van der Waals surface area contributed by atoms with E-state index in [2.05, 4.69) is 17.0 Å². The van der Waals surface area contributed by atoms with Gasteiger partial charge in [-0.05, 0) is 32.3 Å². The van der Waals surface area contributed by atoms with Crippen molar-refractivity contribution in [2.75, 3.05) is 6.26 Å². The van der Waals surface area contributed by atoms with E-state index in [0.717, 1.165) is 31.2 Å². The molecule has 0 radical (unpaired) electrons. The molecule has 0 spiro atoms. The van der Waals surface area contributed by atoms with Crippen molar-refractivity contribution in [3.8, 4) is 0 Å². The third kappa shape index (κ3) is 3.21. The summed E-state index contributed by atoms with van der Waals surface area (Å²) in [5.41, 5.74) is 1.79. The first-order valence-electron chi connectivity index (χ1n) is 7.70. The van der Waals surface area contributed by atoms with Gasteiger partial charge in [0.05, 0.1) is 29.4 Å². The maximum atomic E-state index is 12.4. The first-order chi connectivity index (χ1) is 10.8. The lowest BCUT2D eigenvalue weighted by atomic mass is 10.1. The Kier molecular flexibility index (Phi) is 3.87. The second-order valence-electron chi connectivity index (χ2n) is 6.16. The van der Waals surface area contributed by atoms with Crippen molar-refractivity contribution in [2.24, 2.45) is 0 Å². The topological polar surface area (TPSA) is 94.0 Å². The number of aromatic nitrogens is 3. The summed E-state index contributed by atoms with van der Waals surface area (Å²) in [5, 5.41) is 4.93. The molecule has 1 unspecified atom stereocenters. The molecule has 0 bridgehead atoms. The zero-order chi connectivity index (χ0) is 16.8. The molecule has 2 heterocycles. The number of hydrogen-bond donors (Lipinski definition) is 1. The molecule has 0 aliphatic heterocycles.